The van der Waals surface area contributed by atoms with Gasteiger partial charge in [-0.25, -0.2) is 0 Å². The third-order valence-corrected chi connectivity index (χ3v) is 2.85. The summed E-state index contributed by atoms with van der Waals surface area (Å²) in [4.78, 5) is 0. The Labute approximate surface area is 97.1 Å². The second-order valence-corrected chi connectivity index (χ2v) is 4.46. The lowest BCUT2D eigenvalue weighted by Gasteiger charge is -2.20. The molecule has 90 valence electrons. The second-order valence-electron chi connectivity index (χ2n) is 4.46. The monoisotopic (exact) mass is 223 g/mol. The minimum absolute atomic E-state index is 0.0584. The largest absolute Gasteiger partial charge is 0.504 e. The highest BCUT2D eigenvalue weighted by Crippen LogP contribution is 2.24. The van der Waals surface area contributed by atoms with Gasteiger partial charge >= 0.3 is 0 Å². The van der Waals surface area contributed by atoms with E-state index in [1.807, 2.05) is 6.07 Å². The topological polar surface area (TPSA) is 52.5 Å². The molecule has 0 fully saturated rings. The molecule has 16 heavy (non-hydrogen) atoms. The molecule has 1 aromatic rings. The molecule has 0 saturated carbocycles. The molecule has 0 aliphatic heterocycles. The van der Waals surface area contributed by atoms with Crippen LogP contribution in [0.3, 0.4) is 0 Å². The van der Waals surface area contributed by atoms with Gasteiger partial charge in [0.1, 0.15) is 0 Å². The van der Waals surface area contributed by atoms with Gasteiger partial charge in [0.05, 0.1) is 0 Å². The molecule has 0 aliphatic carbocycles. The van der Waals surface area contributed by atoms with Gasteiger partial charge in [-0.1, -0.05) is 26.8 Å². The molecule has 3 N–H and O–H groups in total. The van der Waals surface area contributed by atoms with Crippen LogP contribution in [0.25, 0.3) is 0 Å². The van der Waals surface area contributed by atoms with E-state index < -0.39 is 0 Å². The van der Waals surface area contributed by atoms with E-state index in [4.69, 9.17) is 0 Å². The first-order valence-electron chi connectivity index (χ1n) is 5.78. The molecule has 0 bridgehead atoms. The van der Waals surface area contributed by atoms with E-state index in [1.165, 1.54) is 6.07 Å². The Bertz CT molecular complexity index is 337. The van der Waals surface area contributed by atoms with E-state index in [0.717, 1.165) is 12.0 Å². The first-order valence-corrected chi connectivity index (χ1v) is 5.78. The first-order chi connectivity index (χ1) is 7.54. The lowest BCUT2D eigenvalue weighted by molar-refractivity contribution is 0.384. The van der Waals surface area contributed by atoms with Gasteiger partial charge in [-0.05, 0) is 30.0 Å². The van der Waals surface area contributed by atoms with Gasteiger partial charge in [-0.15, -0.1) is 0 Å². The third kappa shape index (κ3) is 3.42. The van der Waals surface area contributed by atoms with Crippen LogP contribution in [0.2, 0.25) is 0 Å². The zero-order valence-corrected chi connectivity index (χ0v) is 10.2. The van der Waals surface area contributed by atoms with Crippen LogP contribution >= 0.6 is 0 Å². The Balaban J connectivity index is 2.57. The molecule has 3 heteroatoms. The molecule has 0 heterocycles. The van der Waals surface area contributed by atoms with Crippen molar-refractivity contribution in [1.82, 2.24) is 5.32 Å². The van der Waals surface area contributed by atoms with Crippen LogP contribution in [0.1, 0.15) is 32.8 Å². The summed E-state index contributed by atoms with van der Waals surface area (Å²) >= 11 is 0. The first kappa shape index (κ1) is 12.8. The summed E-state index contributed by atoms with van der Waals surface area (Å²) in [7, 11) is 0. The second kappa shape index (κ2) is 5.75. The lowest BCUT2D eigenvalue weighted by Crippen LogP contribution is -2.32. The number of nitrogens with one attached hydrogen (secondary N) is 1. The van der Waals surface area contributed by atoms with Crippen LogP contribution in [-0.2, 0) is 6.54 Å². The number of rotatable bonds is 5. The summed E-state index contributed by atoms with van der Waals surface area (Å²) in [5, 5.41) is 22.0. The standard InChI is InChI=1S/C13H21NO2/c1-4-11(9(2)3)14-8-10-5-6-12(15)13(16)7-10/h5-7,9,11,14-16H,4,8H2,1-3H3. The maximum absolute atomic E-state index is 9.35. The number of phenols is 2. The smallest absolute Gasteiger partial charge is 0.157 e. The van der Waals surface area contributed by atoms with Crippen molar-refractivity contribution in [2.24, 2.45) is 5.92 Å². The molecule has 0 aromatic heterocycles. The van der Waals surface area contributed by atoms with Crippen LogP contribution < -0.4 is 5.32 Å². The van der Waals surface area contributed by atoms with Crippen molar-refractivity contribution in [3.8, 4) is 11.5 Å². The van der Waals surface area contributed by atoms with Crippen LogP contribution in [0, 0.1) is 5.92 Å². The Morgan fingerprint density at radius 3 is 2.38 bits per heavy atom. The lowest BCUT2D eigenvalue weighted by atomic mass is 10.0. The van der Waals surface area contributed by atoms with Gasteiger partial charge in [0.2, 0.25) is 0 Å². The van der Waals surface area contributed by atoms with Gasteiger partial charge in [0.15, 0.2) is 11.5 Å². The maximum atomic E-state index is 9.35. The molecule has 0 aliphatic rings. The molecule has 1 aromatic carbocycles. The number of phenolic OH excluding ortho intramolecular Hbond substituents is 2. The Kier molecular flexibility index (Phi) is 4.62. The van der Waals surface area contributed by atoms with Crippen molar-refractivity contribution < 1.29 is 10.2 Å². The third-order valence-electron chi connectivity index (χ3n) is 2.85. The van der Waals surface area contributed by atoms with Gasteiger partial charge < -0.3 is 15.5 Å². The van der Waals surface area contributed by atoms with Crippen molar-refractivity contribution in [3.05, 3.63) is 23.8 Å². The van der Waals surface area contributed by atoms with E-state index in [-0.39, 0.29) is 11.5 Å². The maximum Gasteiger partial charge on any atom is 0.157 e. The fraction of sp³-hybridized carbons (Fsp3) is 0.538. The summed E-state index contributed by atoms with van der Waals surface area (Å²) in [6.45, 7) is 7.25. The number of aromatic hydroxyl groups is 2. The number of hydrogen-bond donors (Lipinski definition) is 3. The van der Waals surface area contributed by atoms with E-state index in [1.54, 1.807) is 6.07 Å². The van der Waals surface area contributed by atoms with E-state index in [0.29, 0.717) is 18.5 Å². The SMILES string of the molecule is CCC(NCc1ccc(O)c(O)c1)C(C)C. The van der Waals surface area contributed by atoms with Crippen molar-refractivity contribution in [2.75, 3.05) is 0 Å². The van der Waals surface area contributed by atoms with Gasteiger partial charge in [-0.3, -0.25) is 0 Å². The molecule has 0 spiro atoms. The van der Waals surface area contributed by atoms with Gasteiger partial charge in [0.25, 0.3) is 0 Å². The predicted octanol–water partition coefficient (Wildman–Crippen LogP) is 2.62. The highest BCUT2D eigenvalue weighted by atomic mass is 16.3. The summed E-state index contributed by atoms with van der Waals surface area (Å²) < 4.78 is 0. The van der Waals surface area contributed by atoms with Crippen molar-refractivity contribution in [3.63, 3.8) is 0 Å². The quantitative estimate of drug-likeness (QED) is 0.673. The predicted molar refractivity (Wildman–Crippen MR) is 65.5 cm³/mol. The Hall–Kier alpha value is -1.22. The van der Waals surface area contributed by atoms with Crippen LogP contribution in [0.5, 0.6) is 11.5 Å². The molecule has 0 radical (unpaired) electrons. The molecule has 3 nitrogen and oxygen atoms in total. The Morgan fingerprint density at radius 1 is 1.19 bits per heavy atom. The van der Waals surface area contributed by atoms with Crippen LogP contribution in [-0.4, -0.2) is 16.3 Å². The average molecular weight is 223 g/mol. The number of benzene rings is 1. The Morgan fingerprint density at radius 2 is 1.88 bits per heavy atom. The molecule has 1 atom stereocenters. The minimum atomic E-state index is -0.0698. The summed E-state index contributed by atoms with van der Waals surface area (Å²) in [5.41, 5.74) is 0.981. The highest BCUT2D eigenvalue weighted by Gasteiger charge is 2.10. The fourth-order valence-electron chi connectivity index (χ4n) is 1.78. The summed E-state index contributed by atoms with van der Waals surface area (Å²) in [6, 6.07) is 5.41. The van der Waals surface area contributed by atoms with Gasteiger partial charge in [0, 0.05) is 12.6 Å². The minimum Gasteiger partial charge on any atom is -0.504 e. The normalized spacial score (nSPS) is 13.0. The molecular weight excluding hydrogens is 202 g/mol. The molecular formula is C13H21NO2. The van der Waals surface area contributed by atoms with Crippen molar-refractivity contribution in [2.45, 2.75) is 39.8 Å². The van der Waals surface area contributed by atoms with Crippen LogP contribution in [0.15, 0.2) is 18.2 Å². The zero-order valence-electron chi connectivity index (χ0n) is 10.2. The highest BCUT2D eigenvalue weighted by molar-refractivity contribution is 5.40. The summed E-state index contributed by atoms with van der Waals surface area (Å²) in [6.07, 6.45) is 1.09. The summed E-state index contributed by atoms with van der Waals surface area (Å²) in [5.74, 6) is 0.465. The van der Waals surface area contributed by atoms with Crippen LogP contribution in [0.4, 0.5) is 0 Å². The number of hydrogen-bond acceptors (Lipinski definition) is 3. The fourth-order valence-corrected chi connectivity index (χ4v) is 1.78. The van der Waals surface area contributed by atoms with E-state index in [9.17, 15) is 10.2 Å². The van der Waals surface area contributed by atoms with Crippen molar-refractivity contribution >= 4 is 0 Å². The molecule has 1 rings (SSSR count). The van der Waals surface area contributed by atoms with Crippen molar-refractivity contribution in [1.29, 1.82) is 0 Å². The average Bonchev–Trinajstić information content (AvgIpc) is 2.23. The van der Waals surface area contributed by atoms with E-state index >= 15 is 0 Å². The van der Waals surface area contributed by atoms with Gasteiger partial charge in [-0.2, -0.15) is 0 Å². The van der Waals surface area contributed by atoms with E-state index in [2.05, 4.69) is 26.1 Å². The molecule has 1 unspecified atom stereocenters. The molecule has 0 saturated heterocycles. The zero-order chi connectivity index (χ0) is 12.1. The molecule has 0 amide bonds.